The monoisotopic (exact) mass is 404 g/mol. The van der Waals surface area contributed by atoms with Gasteiger partial charge in [0.25, 0.3) is 0 Å². The molecule has 0 saturated carbocycles. The minimum Gasteiger partial charge on any atom is -0.361 e. The number of hydrogen-bond donors (Lipinski definition) is 2. The molecule has 4 rings (SSSR count). The van der Waals surface area contributed by atoms with Crippen LogP contribution >= 0.6 is 0 Å². The highest BCUT2D eigenvalue weighted by atomic mass is 19.4. The predicted molar refractivity (Wildman–Crippen MR) is 98.4 cm³/mol. The maximum absolute atomic E-state index is 13.4. The lowest BCUT2D eigenvalue weighted by Crippen LogP contribution is -2.16. The lowest BCUT2D eigenvalue weighted by atomic mass is 10.1. The van der Waals surface area contributed by atoms with Gasteiger partial charge in [-0.25, -0.2) is 4.39 Å². The average Bonchev–Trinajstić information content (AvgIpc) is 3.32. The van der Waals surface area contributed by atoms with Crippen molar-refractivity contribution in [2.45, 2.75) is 19.1 Å². The number of rotatable bonds is 6. The van der Waals surface area contributed by atoms with E-state index in [0.29, 0.717) is 31.0 Å². The van der Waals surface area contributed by atoms with Crippen molar-refractivity contribution in [3.63, 3.8) is 0 Å². The Morgan fingerprint density at radius 2 is 1.86 bits per heavy atom. The lowest BCUT2D eigenvalue weighted by molar-refractivity contribution is -0.137. The maximum atomic E-state index is 13.4. The first-order valence-electron chi connectivity index (χ1n) is 8.86. The van der Waals surface area contributed by atoms with E-state index in [1.54, 1.807) is 6.07 Å². The quantitative estimate of drug-likeness (QED) is 0.361. The van der Waals surface area contributed by atoms with Gasteiger partial charge in [0.15, 0.2) is 0 Å². The summed E-state index contributed by atoms with van der Waals surface area (Å²) < 4.78 is 56.4. The summed E-state index contributed by atoms with van der Waals surface area (Å²) in [6.45, 7) is 0.909. The Hall–Kier alpha value is -3.20. The van der Waals surface area contributed by atoms with Crippen LogP contribution < -0.4 is 5.32 Å². The fourth-order valence-corrected chi connectivity index (χ4v) is 3.03. The van der Waals surface area contributed by atoms with E-state index in [1.807, 2.05) is 6.20 Å². The van der Waals surface area contributed by atoms with Crippen molar-refractivity contribution in [1.29, 1.82) is 0 Å². The van der Waals surface area contributed by atoms with Crippen LogP contribution in [0.1, 0.15) is 17.0 Å². The Morgan fingerprint density at radius 3 is 2.62 bits per heavy atom. The number of alkyl halides is 3. The molecule has 0 aliphatic carbocycles. The fraction of sp³-hybridized carbons (Fsp3) is 0.200. The van der Waals surface area contributed by atoms with E-state index < -0.39 is 11.7 Å². The Bertz CT molecular complexity index is 1120. The van der Waals surface area contributed by atoms with Crippen molar-refractivity contribution in [1.82, 2.24) is 20.4 Å². The summed E-state index contributed by atoms with van der Waals surface area (Å²) in [7, 11) is 0. The Morgan fingerprint density at radius 1 is 1.07 bits per heavy atom. The molecule has 0 spiro atoms. The van der Waals surface area contributed by atoms with Gasteiger partial charge in [-0.3, -0.25) is 0 Å². The molecule has 0 radical (unpaired) electrons. The molecule has 0 amide bonds. The number of nitrogens with one attached hydrogen (secondary N) is 2. The van der Waals surface area contributed by atoms with Crippen LogP contribution in [0.2, 0.25) is 0 Å². The van der Waals surface area contributed by atoms with Crippen LogP contribution in [0.15, 0.2) is 53.2 Å². The topological polar surface area (TPSA) is 66.7 Å². The molecule has 2 aromatic carbocycles. The zero-order valence-electron chi connectivity index (χ0n) is 15.1. The van der Waals surface area contributed by atoms with Crippen molar-refractivity contribution in [3.8, 4) is 11.4 Å². The summed E-state index contributed by atoms with van der Waals surface area (Å²) in [4.78, 5) is 7.29. The number of nitrogens with zero attached hydrogens (tertiary/aromatic N) is 2. The Labute approximate surface area is 162 Å². The molecule has 0 saturated heterocycles. The van der Waals surface area contributed by atoms with Crippen LogP contribution in [0.4, 0.5) is 17.6 Å². The molecule has 150 valence electrons. The zero-order chi connectivity index (χ0) is 20.4. The van der Waals surface area contributed by atoms with Gasteiger partial charge >= 0.3 is 6.18 Å². The Kier molecular flexibility index (Phi) is 5.06. The van der Waals surface area contributed by atoms with Gasteiger partial charge in [0.05, 0.1) is 12.1 Å². The number of halogens is 4. The lowest BCUT2D eigenvalue weighted by Gasteiger charge is -2.05. The summed E-state index contributed by atoms with van der Waals surface area (Å²) in [5, 5.41) is 7.81. The highest BCUT2D eigenvalue weighted by Crippen LogP contribution is 2.30. The number of hydrogen-bond acceptors (Lipinski definition) is 4. The fourth-order valence-electron chi connectivity index (χ4n) is 3.03. The molecule has 2 N–H and O–H groups in total. The standard InChI is InChI=1S/C20H16F4N4O/c21-15-5-6-17-16(9-15)13(10-26-17)7-8-25-11-18-27-19(28-29-18)12-1-3-14(4-2-12)20(22,23)24/h1-6,9-10,25-26H,7-8,11H2. The van der Waals surface area contributed by atoms with Gasteiger partial charge in [-0.05, 0) is 48.9 Å². The van der Waals surface area contributed by atoms with Gasteiger partial charge in [0.2, 0.25) is 11.7 Å². The van der Waals surface area contributed by atoms with Crippen LogP contribution in [-0.4, -0.2) is 21.7 Å². The molecule has 0 fully saturated rings. The van der Waals surface area contributed by atoms with Crippen LogP contribution in [0.3, 0.4) is 0 Å². The molecule has 9 heteroatoms. The molecule has 2 heterocycles. The minimum atomic E-state index is -4.39. The summed E-state index contributed by atoms with van der Waals surface area (Å²) >= 11 is 0. The van der Waals surface area contributed by atoms with Crippen molar-refractivity contribution in [3.05, 3.63) is 71.5 Å². The van der Waals surface area contributed by atoms with Gasteiger partial charge < -0.3 is 14.8 Å². The van der Waals surface area contributed by atoms with E-state index in [4.69, 9.17) is 4.52 Å². The van der Waals surface area contributed by atoms with Crippen LogP contribution in [0.25, 0.3) is 22.3 Å². The van der Waals surface area contributed by atoms with Gasteiger partial charge in [-0.1, -0.05) is 17.3 Å². The summed E-state index contributed by atoms with van der Waals surface area (Å²) in [5.41, 5.74) is 1.57. The average molecular weight is 404 g/mol. The first-order chi connectivity index (χ1) is 13.9. The highest BCUT2D eigenvalue weighted by molar-refractivity contribution is 5.83. The molecule has 5 nitrogen and oxygen atoms in total. The molecular formula is C20H16F4N4O. The summed E-state index contributed by atoms with van der Waals surface area (Å²) in [5.74, 6) is 0.264. The first kappa shape index (κ1) is 19.1. The number of fused-ring (bicyclic) bond motifs is 1. The molecule has 0 bridgehead atoms. The number of aromatic amines is 1. The van der Waals surface area contributed by atoms with Gasteiger partial charge in [0.1, 0.15) is 5.82 Å². The molecule has 0 atom stereocenters. The van der Waals surface area contributed by atoms with Crippen molar-refractivity contribution in [2.75, 3.05) is 6.54 Å². The first-order valence-corrected chi connectivity index (χ1v) is 8.86. The molecule has 0 unspecified atom stereocenters. The summed E-state index contributed by atoms with van der Waals surface area (Å²) in [6, 6.07) is 9.17. The number of aromatic nitrogens is 3. The zero-order valence-corrected chi connectivity index (χ0v) is 15.1. The van der Waals surface area contributed by atoms with E-state index in [9.17, 15) is 17.6 Å². The second-order valence-corrected chi connectivity index (χ2v) is 6.52. The number of H-pyrrole nitrogens is 1. The van der Waals surface area contributed by atoms with Gasteiger partial charge in [-0.15, -0.1) is 0 Å². The largest absolute Gasteiger partial charge is 0.416 e. The van der Waals surface area contributed by atoms with E-state index in [2.05, 4.69) is 20.4 Å². The molecule has 0 aliphatic heterocycles. The van der Waals surface area contributed by atoms with Crippen LogP contribution in [0, 0.1) is 5.82 Å². The highest BCUT2D eigenvalue weighted by Gasteiger charge is 2.30. The molecule has 4 aromatic rings. The van der Waals surface area contributed by atoms with Crippen LogP contribution in [-0.2, 0) is 19.1 Å². The summed E-state index contributed by atoms with van der Waals surface area (Å²) in [6.07, 6.45) is -1.87. The molecular weight excluding hydrogens is 388 g/mol. The number of benzene rings is 2. The molecule has 0 aliphatic rings. The predicted octanol–water partition coefficient (Wildman–Crippen LogP) is 4.71. The smallest absolute Gasteiger partial charge is 0.361 e. The normalized spacial score (nSPS) is 12.0. The second kappa shape index (κ2) is 7.67. The van der Waals surface area contributed by atoms with Crippen molar-refractivity contribution in [2.24, 2.45) is 0 Å². The SMILES string of the molecule is Fc1ccc2[nH]cc(CCNCc3nc(-c4ccc(C(F)(F)F)cc4)no3)c2c1. The van der Waals surface area contributed by atoms with Gasteiger partial charge in [0, 0.05) is 22.7 Å². The third kappa shape index (κ3) is 4.29. The molecule has 2 aromatic heterocycles. The van der Waals surface area contributed by atoms with Crippen molar-refractivity contribution < 1.29 is 22.1 Å². The van der Waals surface area contributed by atoms with Gasteiger partial charge in [-0.2, -0.15) is 18.2 Å². The third-order valence-electron chi connectivity index (χ3n) is 4.52. The second-order valence-electron chi connectivity index (χ2n) is 6.52. The van der Waals surface area contributed by atoms with E-state index in [1.165, 1.54) is 24.3 Å². The molecule has 29 heavy (non-hydrogen) atoms. The van der Waals surface area contributed by atoms with E-state index in [-0.39, 0.29) is 11.6 Å². The van der Waals surface area contributed by atoms with Crippen LogP contribution in [0.5, 0.6) is 0 Å². The van der Waals surface area contributed by atoms with E-state index in [0.717, 1.165) is 28.6 Å². The van der Waals surface area contributed by atoms with E-state index >= 15 is 0 Å². The maximum Gasteiger partial charge on any atom is 0.416 e. The Balaban J connectivity index is 1.33. The van der Waals surface area contributed by atoms with Crippen molar-refractivity contribution >= 4 is 10.9 Å². The minimum absolute atomic E-state index is 0.225. The third-order valence-corrected chi connectivity index (χ3v) is 4.52.